The molecule has 3 nitrogen and oxygen atoms in total. The molecule has 0 aliphatic heterocycles. The summed E-state index contributed by atoms with van der Waals surface area (Å²) in [5, 5.41) is 9.61. The molecule has 0 spiro atoms. The second kappa shape index (κ2) is 4.53. The molecule has 2 aromatic rings. The molecule has 0 aliphatic rings. The molecule has 0 radical (unpaired) electrons. The van der Waals surface area contributed by atoms with Gasteiger partial charge in [0.25, 0.3) is 0 Å². The molecule has 0 aliphatic carbocycles. The molecule has 1 aromatic carbocycles. The standard InChI is InChI=1S/C12H13F2N3/c1-7(2)15-11-6-10(16-17-11)12-8(13)4-3-5-9(12)14/h3-7H,1-2H3,(H2,15,16,17). The van der Waals surface area contributed by atoms with E-state index >= 15 is 0 Å². The Bertz CT molecular complexity index is 500. The predicted octanol–water partition coefficient (Wildman–Crippen LogP) is 3.18. The van der Waals surface area contributed by atoms with Crippen LogP contribution < -0.4 is 5.32 Å². The van der Waals surface area contributed by atoms with Crippen molar-refractivity contribution < 1.29 is 8.78 Å². The summed E-state index contributed by atoms with van der Waals surface area (Å²) in [6.45, 7) is 3.91. The van der Waals surface area contributed by atoms with Crippen LogP contribution in [-0.2, 0) is 0 Å². The Morgan fingerprint density at radius 2 is 1.88 bits per heavy atom. The van der Waals surface area contributed by atoms with Crippen molar-refractivity contribution in [2.45, 2.75) is 19.9 Å². The number of hydrogen-bond donors (Lipinski definition) is 2. The molecule has 0 atom stereocenters. The number of nitrogens with one attached hydrogen (secondary N) is 2. The molecular weight excluding hydrogens is 224 g/mol. The highest BCUT2D eigenvalue weighted by atomic mass is 19.1. The van der Waals surface area contributed by atoms with Crippen LogP contribution in [0.3, 0.4) is 0 Å². The van der Waals surface area contributed by atoms with E-state index in [0.29, 0.717) is 11.5 Å². The number of nitrogens with zero attached hydrogens (tertiary/aromatic N) is 1. The first-order valence-corrected chi connectivity index (χ1v) is 5.34. The molecule has 0 fully saturated rings. The second-order valence-electron chi connectivity index (χ2n) is 4.06. The maximum atomic E-state index is 13.5. The Kier molecular flexibility index (Phi) is 3.08. The van der Waals surface area contributed by atoms with Gasteiger partial charge in [0.05, 0.1) is 11.3 Å². The molecule has 0 saturated carbocycles. The summed E-state index contributed by atoms with van der Waals surface area (Å²) in [4.78, 5) is 0. The monoisotopic (exact) mass is 237 g/mol. The van der Waals surface area contributed by atoms with E-state index in [1.165, 1.54) is 18.2 Å². The van der Waals surface area contributed by atoms with Gasteiger partial charge in [-0.1, -0.05) is 6.07 Å². The zero-order valence-electron chi connectivity index (χ0n) is 9.59. The van der Waals surface area contributed by atoms with Crippen molar-refractivity contribution in [3.8, 4) is 11.3 Å². The fraction of sp³-hybridized carbons (Fsp3) is 0.250. The fourth-order valence-electron chi connectivity index (χ4n) is 1.57. The molecule has 0 unspecified atom stereocenters. The number of benzene rings is 1. The van der Waals surface area contributed by atoms with Gasteiger partial charge in [-0.05, 0) is 26.0 Å². The van der Waals surface area contributed by atoms with E-state index in [1.807, 2.05) is 13.8 Å². The minimum absolute atomic E-state index is 0.0863. The van der Waals surface area contributed by atoms with Crippen molar-refractivity contribution >= 4 is 5.82 Å². The Morgan fingerprint density at radius 1 is 1.24 bits per heavy atom. The zero-order valence-corrected chi connectivity index (χ0v) is 9.59. The lowest BCUT2D eigenvalue weighted by atomic mass is 10.1. The minimum Gasteiger partial charge on any atom is -0.366 e. The van der Waals surface area contributed by atoms with Crippen LogP contribution in [0, 0.1) is 11.6 Å². The summed E-state index contributed by atoms with van der Waals surface area (Å²) in [6.07, 6.45) is 0. The summed E-state index contributed by atoms with van der Waals surface area (Å²) >= 11 is 0. The molecule has 0 saturated heterocycles. The van der Waals surface area contributed by atoms with Gasteiger partial charge in [-0.2, -0.15) is 5.10 Å². The number of hydrogen-bond acceptors (Lipinski definition) is 2. The van der Waals surface area contributed by atoms with Gasteiger partial charge < -0.3 is 5.32 Å². The molecule has 1 aromatic heterocycles. The number of halogens is 2. The highest BCUT2D eigenvalue weighted by Crippen LogP contribution is 2.25. The molecular formula is C12H13F2N3. The van der Waals surface area contributed by atoms with E-state index in [0.717, 1.165) is 0 Å². The van der Waals surface area contributed by atoms with Crippen LogP contribution >= 0.6 is 0 Å². The summed E-state index contributed by atoms with van der Waals surface area (Å²) < 4.78 is 27.0. The SMILES string of the molecule is CC(C)Nc1cc(-c2c(F)cccc2F)[nH]n1. The van der Waals surface area contributed by atoms with Gasteiger partial charge in [-0.25, -0.2) is 8.78 Å². The van der Waals surface area contributed by atoms with Crippen LogP contribution in [0.2, 0.25) is 0 Å². The van der Waals surface area contributed by atoms with Gasteiger partial charge in [0.15, 0.2) is 0 Å². The maximum absolute atomic E-state index is 13.5. The smallest absolute Gasteiger partial charge is 0.148 e. The number of anilines is 1. The maximum Gasteiger partial charge on any atom is 0.148 e. The summed E-state index contributed by atoms with van der Waals surface area (Å²) in [5.41, 5.74) is 0.237. The summed E-state index contributed by atoms with van der Waals surface area (Å²) in [7, 11) is 0. The highest BCUT2D eigenvalue weighted by molar-refractivity contribution is 5.64. The van der Waals surface area contributed by atoms with Crippen LogP contribution in [0.25, 0.3) is 11.3 Å². The van der Waals surface area contributed by atoms with E-state index in [1.54, 1.807) is 6.07 Å². The van der Waals surface area contributed by atoms with Gasteiger partial charge in [0.2, 0.25) is 0 Å². The van der Waals surface area contributed by atoms with Gasteiger partial charge in [-0.15, -0.1) is 0 Å². The van der Waals surface area contributed by atoms with Crippen molar-refractivity contribution in [1.29, 1.82) is 0 Å². The first kappa shape index (κ1) is 11.6. The molecule has 5 heteroatoms. The molecule has 2 N–H and O–H groups in total. The van der Waals surface area contributed by atoms with Gasteiger partial charge >= 0.3 is 0 Å². The van der Waals surface area contributed by atoms with Crippen LogP contribution in [-0.4, -0.2) is 16.2 Å². The predicted molar refractivity (Wildman–Crippen MR) is 62.7 cm³/mol. The van der Waals surface area contributed by atoms with E-state index in [4.69, 9.17) is 0 Å². The van der Waals surface area contributed by atoms with Gasteiger partial charge in [0, 0.05) is 12.1 Å². The number of aromatic nitrogens is 2. The number of H-pyrrole nitrogens is 1. The van der Waals surface area contributed by atoms with Crippen LogP contribution in [0.5, 0.6) is 0 Å². The first-order valence-electron chi connectivity index (χ1n) is 5.34. The Hall–Kier alpha value is -1.91. The molecule has 0 bridgehead atoms. The van der Waals surface area contributed by atoms with Crippen LogP contribution in [0.4, 0.5) is 14.6 Å². The topological polar surface area (TPSA) is 40.7 Å². The van der Waals surface area contributed by atoms with Crippen molar-refractivity contribution in [3.05, 3.63) is 35.9 Å². The van der Waals surface area contributed by atoms with Crippen molar-refractivity contribution in [2.75, 3.05) is 5.32 Å². The Morgan fingerprint density at radius 3 is 2.47 bits per heavy atom. The highest BCUT2D eigenvalue weighted by Gasteiger charge is 2.13. The third-order valence-electron chi connectivity index (χ3n) is 2.25. The van der Waals surface area contributed by atoms with E-state index in [2.05, 4.69) is 15.5 Å². The molecule has 1 heterocycles. The van der Waals surface area contributed by atoms with E-state index in [9.17, 15) is 8.78 Å². The summed E-state index contributed by atoms with van der Waals surface area (Å²) in [6, 6.07) is 5.56. The normalized spacial score (nSPS) is 10.9. The third kappa shape index (κ3) is 2.43. The first-order chi connectivity index (χ1) is 8.08. The van der Waals surface area contributed by atoms with Crippen LogP contribution in [0.1, 0.15) is 13.8 Å². The minimum atomic E-state index is -0.607. The quantitative estimate of drug-likeness (QED) is 0.860. The van der Waals surface area contributed by atoms with Crippen molar-refractivity contribution in [3.63, 3.8) is 0 Å². The lowest BCUT2D eigenvalue weighted by molar-refractivity contribution is 0.588. The Balaban J connectivity index is 2.37. The fourth-order valence-corrected chi connectivity index (χ4v) is 1.57. The van der Waals surface area contributed by atoms with E-state index < -0.39 is 11.6 Å². The average Bonchev–Trinajstić information content (AvgIpc) is 2.65. The average molecular weight is 237 g/mol. The second-order valence-corrected chi connectivity index (χ2v) is 4.06. The van der Waals surface area contributed by atoms with Crippen LogP contribution in [0.15, 0.2) is 24.3 Å². The van der Waals surface area contributed by atoms with E-state index in [-0.39, 0.29) is 11.6 Å². The number of aromatic amines is 1. The lowest BCUT2D eigenvalue weighted by Gasteiger charge is -2.04. The molecule has 17 heavy (non-hydrogen) atoms. The van der Waals surface area contributed by atoms with Gasteiger partial charge in [-0.3, -0.25) is 5.10 Å². The summed E-state index contributed by atoms with van der Waals surface area (Å²) in [5.74, 6) is -0.646. The third-order valence-corrected chi connectivity index (χ3v) is 2.25. The molecule has 2 rings (SSSR count). The molecule has 90 valence electrons. The zero-order chi connectivity index (χ0) is 12.4. The lowest BCUT2D eigenvalue weighted by Crippen LogP contribution is -2.09. The molecule has 0 amide bonds. The Labute approximate surface area is 97.9 Å². The number of rotatable bonds is 3. The largest absolute Gasteiger partial charge is 0.366 e. The van der Waals surface area contributed by atoms with Crippen molar-refractivity contribution in [2.24, 2.45) is 0 Å². The van der Waals surface area contributed by atoms with Crippen molar-refractivity contribution in [1.82, 2.24) is 10.2 Å². The van der Waals surface area contributed by atoms with Gasteiger partial charge in [0.1, 0.15) is 17.5 Å².